The van der Waals surface area contributed by atoms with Crippen molar-refractivity contribution in [3.05, 3.63) is 89.5 Å². The zero-order valence-electron chi connectivity index (χ0n) is 17.1. The highest BCUT2D eigenvalue weighted by Gasteiger charge is 2.48. The van der Waals surface area contributed by atoms with Gasteiger partial charge in [-0.15, -0.1) is 0 Å². The van der Waals surface area contributed by atoms with Crippen LogP contribution in [-0.4, -0.2) is 8.80 Å². The zero-order chi connectivity index (χ0) is 20.0. The SMILES string of the molecule is CCC[Si](Oc1ccc(C)cc1)(Oc1ccc(C)cc1)Oc1ccc(C)cc1. The average molecular weight is 393 g/mol. The van der Waals surface area contributed by atoms with Crippen LogP contribution in [-0.2, 0) is 0 Å². The second-order valence-electron chi connectivity index (χ2n) is 7.18. The van der Waals surface area contributed by atoms with Gasteiger partial charge >= 0.3 is 8.80 Å². The Hall–Kier alpha value is -2.72. The van der Waals surface area contributed by atoms with Gasteiger partial charge in [-0.05, 0) is 63.6 Å². The molecule has 28 heavy (non-hydrogen) atoms. The van der Waals surface area contributed by atoms with Crippen LogP contribution in [0.1, 0.15) is 30.0 Å². The summed E-state index contributed by atoms with van der Waals surface area (Å²) in [5.74, 6) is 2.31. The Labute approximate surface area is 169 Å². The van der Waals surface area contributed by atoms with Crippen molar-refractivity contribution >= 4 is 8.80 Å². The first kappa shape index (κ1) is 20.0. The fourth-order valence-corrected chi connectivity index (χ4v) is 5.41. The van der Waals surface area contributed by atoms with Gasteiger partial charge in [-0.1, -0.05) is 60.0 Å². The van der Waals surface area contributed by atoms with Gasteiger partial charge in [-0.25, -0.2) is 0 Å². The monoisotopic (exact) mass is 392 g/mol. The molecule has 0 bridgehead atoms. The lowest BCUT2D eigenvalue weighted by molar-refractivity contribution is 0.259. The Morgan fingerprint density at radius 1 is 0.536 bits per heavy atom. The molecule has 3 nitrogen and oxygen atoms in total. The molecular weight excluding hydrogens is 364 g/mol. The zero-order valence-corrected chi connectivity index (χ0v) is 18.1. The minimum absolute atomic E-state index is 0.711. The van der Waals surface area contributed by atoms with Crippen molar-refractivity contribution in [3.63, 3.8) is 0 Å². The summed E-state index contributed by atoms with van der Waals surface area (Å²) in [5, 5.41) is 0. The van der Waals surface area contributed by atoms with E-state index in [4.69, 9.17) is 13.3 Å². The number of rotatable bonds is 8. The molecule has 0 unspecified atom stereocenters. The van der Waals surface area contributed by atoms with E-state index in [0.29, 0.717) is 6.04 Å². The predicted molar refractivity (Wildman–Crippen MR) is 116 cm³/mol. The highest BCUT2D eigenvalue weighted by molar-refractivity contribution is 6.63. The van der Waals surface area contributed by atoms with E-state index in [1.54, 1.807) is 0 Å². The standard InChI is InChI=1S/C24H28O3Si/c1-5-18-28(25-22-12-6-19(2)7-13-22,26-23-14-8-20(3)9-15-23)27-24-16-10-21(4)11-17-24/h6-17H,5,18H2,1-4H3. The summed E-state index contributed by atoms with van der Waals surface area (Å²) < 4.78 is 19.4. The quantitative estimate of drug-likeness (QED) is 0.410. The fraction of sp³-hybridized carbons (Fsp3) is 0.250. The van der Waals surface area contributed by atoms with Crippen LogP contribution in [0.15, 0.2) is 72.8 Å². The predicted octanol–water partition coefficient (Wildman–Crippen LogP) is 6.50. The van der Waals surface area contributed by atoms with Crippen LogP contribution in [0.5, 0.6) is 17.2 Å². The van der Waals surface area contributed by atoms with Crippen LogP contribution < -0.4 is 13.3 Å². The Kier molecular flexibility index (Phi) is 6.42. The van der Waals surface area contributed by atoms with Crippen LogP contribution in [0.4, 0.5) is 0 Å². The summed E-state index contributed by atoms with van der Waals surface area (Å²) in [6.45, 7) is 8.31. The maximum Gasteiger partial charge on any atom is 0.699 e. The summed E-state index contributed by atoms with van der Waals surface area (Å²) in [7, 11) is -3.07. The van der Waals surface area contributed by atoms with E-state index < -0.39 is 8.80 Å². The third-order valence-corrected chi connectivity index (χ3v) is 7.19. The molecule has 0 saturated carbocycles. The molecule has 0 aliphatic heterocycles. The van der Waals surface area contributed by atoms with Gasteiger partial charge < -0.3 is 13.3 Å². The average Bonchev–Trinajstić information content (AvgIpc) is 2.68. The van der Waals surface area contributed by atoms with Crippen molar-refractivity contribution in [2.45, 2.75) is 40.2 Å². The fourth-order valence-electron chi connectivity index (χ4n) is 2.88. The molecule has 0 atom stereocenters. The van der Waals surface area contributed by atoms with Crippen LogP contribution in [0, 0.1) is 20.8 Å². The van der Waals surface area contributed by atoms with Crippen molar-refractivity contribution in [3.8, 4) is 17.2 Å². The van der Waals surface area contributed by atoms with Crippen LogP contribution in [0.25, 0.3) is 0 Å². The Bertz CT molecular complexity index is 756. The van der Waals surface area contributed by atoms with Gasteiger partial charge in [-0.2, -0.15) is 0 Å². The van der Waals surface area contributed by atoms with Crippen molar-refractivity contribution < 1.29 is 13.3 Å². The van der Waals surface area contributed by atoms with E-state index in [2.05, 4.69) is 27.7 Å². The highest BCUT2D eigenvalue weighted by Crippen LogP contribution is 2.28. The van der Waals surface area contributed by atoms with E-state index in [-0.39, 0.29) is 0 Å². The molecule has 0 radical (unpaired) electrons. The number of hydrogen-bond donors (Lipinski definition) is 0. The van der Waals surface area contributed by atoms with Gasteiger partial charge in [0.25, 0.3) is 0 Å². The molecule has 0 fully saturated rings. The molecule has 0 spiro atoms. The van der Waals surface area contributed by atoms with Gasteiger partial charge in [-0.3, -0.25) is 0 Å². The molecule has 4 heteroatoms. The van der Waals surface area contributed by atoms with Crippen LogP contribution in [0.2, 0.25) is 6.04 Å². The molecule has 3 aromatic carbocycles. The van der Waals surface area contributed by atoms with E-state index in [1.165, 1.54) is 16.7 Å². The molecule has 0 amide bonds. The van der Waals surface area contributed by atoms with E-state index in [9.17, 15) is 0 Å². The first-order chi connectivity index (χ1) is 13.5. The van der Waals surface area contributed by atoms with Gasteiger partial charge in [0.1, 0.15) is 17.2 Å². The molecule has 0 aromatic heterocycles. The van der Waals surface area contributed by atoms with Crippen molar-refractivity contribution in [1.29, 1.82) is 0 Å². The smallest absolute Gasteiger partial charge is 0.483 e. The lowest BCUT2D eigenvalue weighted by Gasteiger charge is -2.30. The van der Waals surface area contributed by atoms with Crippen molar-refractivity contribution in [1.82, 2.24) is 0 Å². The largest absolute Gasteiger partial charge is 0.699 e. The maximum atomic E-state index is 6.46. The molecule has 3 rings (SSSR count). The first-order valence-corrected chi connectivity index (χ1v) is 11.7. The van der Waals surface area contributed by atoms with E-state index in [0.717, 1.165) is 23.7 Å². The Balaban J connectivity index is 1.95. The molecule has 0 heterocycles. The van der Waals surface area contributed by atoms with Gasteiger partial charge in [0, 0.05) is 0 Å². The van der Waals surface area contributed by atoms with Gasteiger partial charge in [0.15, 0.2) is 0 Å². The van der Waals surface area contributed by atoms with Gasteiger partial charge in [0.05, 0.1) is 6.04 Å². The summed E-state index contributed by atoms with van der Waals surface area (Å²) in [6.07, 6.45) is 0.899. The summed E-state index contributed by atoms with van der Waals surface area (Å²) in [4.78, 5) is 0. The topological polar surface area (TPSA) is 27.7 Å². The molecular formula is C24H28O3Si. The lowest BCUT2D eigenvalue weighted by atomic mass is 10.2. The van der Waals surface area contributed by atoms with Crippen molar-refractivity contribution in [2.24, 2.45) is 0 Å². The lowest BCUT2D eigenvalue weighted by Crippen LogP contribution is -2.54. The number of aryl methyl sites for hydroxylation is 3. The molecule has 0 saturated heterocycles. The van der Waals surface area contributed by atoms with Crippen LogP contribution >= 0.6 is 0 Å². The molecule has 0 aliphatic rings. The molecule has 0 N–H and O–H groups in total. The Morgan fingerprint density at radius 3 is 1.07 bits per heavy atom. The van der Waals surface area contributed by atoms with E-state index in [1.807, 2.05) is 72.8 Å². The van der Waals surface area contributed by atoms with Crippen molar-refractivity contribution in [2.75, 3.05) is 0 Å². The maximum absolute atomic E-state index is 6.46. The summed E-state index contributed by atoms with van der Waals surface area (Å²) in [6, 6.07) is 24.8. The van der Waals surface area contributed by atoms with Gasteiger partial charge in [0.2, 0.25) is 0 Å². The number of benzene rings is 3. The molecule has 3 aromatic rings. The summed E-state index contributed by atoms with van der Waals surface area (Å²) in [5.41, 5.74) is 3.57. The Morgan fingerprint density at radius 2 is 0.821 bits per heavy atom. The molecule has 0 aliphatic carbocycles. The van der Waals surface area contributed by atoms with E-state index >= 15 is 0 Å². The first-order valence-electron chi connectivity index (χ1n) is 9.75. The second-order valence-corrected chi connectivity index (χ2v) is 9.66. The van der Waals surface area contributed by atoms with Crippen LogP contribution in [0.3, 0.4) is 0 Å². The second kappa shape index (κ2) is 8.98. The highest BCUT2D eigenvalue weighted by atomic mass is 28.4. The third-order valence-electron chi connectivity index (χ3n) is 4.44. The summed E-state index contributed by atoms with van der Waals surface area (Å²) >= 11 is 0. The molecule has 146 valence electrons. The minimum Gasteiger partial charge on any atom is -0.483 e. The third kappa shape index (κ3) is 5.39. The normalized spacial score (nSPS) is 11.1. The minimum atomic E-state index is -3.07. The number of hydrogen-bond acceptors (Lipinski definition) is 3.